The van der Waals surface area contributed by atoms with Crippen LogP contribution in [0, 0.1) is 0 Å². The van der Waals surface area contributed by atoms with Crippen molar-refractivity contribution in [2.24, 2.45) is 7.05 Å². The molecule has 0 spiro atoms. The molecule has 1 amide bonds. The molecule has 0 radical (unpaired) electrons. The number of hydrogen-bond donors (Lipinski definition) is 1. The predicted molar refractivity (Wildman–Crippen MR) is 102 cm³/mol. The van der Waals surface area contributed by atoms with Crippen LogP contribution in [0.1, 0.15) is 5.56 Å². The minimum absolute atomic E-state index is 0.197. The number of aliphatic carboxylic acids is 1. The first-order chi connectivity index (χ1) is 12.9. The van der Waals surface area contributed by atoms with Crippen LogP contribution in [-0.4, -0.2) is 44.1 Å². The molecular weight excluding hydrogens is 346 g/mol. The highest BCUT2D eigenvalue weighted by Gasteiger charge is 2.27. The van der Waals surface area contributed by atoms with E-state index in [0.717, 1.165) is 11.1 Å². The Kier molecular flexibility index (Phi) is 5.12. The molecule has 2 aromatic carbocycles. The highest BCUT2D eigenvalue weighted by Crippen LogP contribution is 2.13. The molecule has 3 rings (SSSR count). The van der Waals surface area contributed by atoms with Gasteiger partial charge in [-0.2, -0.15) is 0 Å². The minimum atomic E-state index is -1.08. The lowest BCUT2D eigenvalue weighted by molar-refractivity contribution is -0.149. The fourth-order valence-electron chi connectivity index (χ4n) is 3.16. The molecule has 7 heteroatoms. The van der Waals surface area contributed by atoms with Crippen LogP contribution in [0.25, 0.3) is 11.0 Å². The van der Waals surface area contributed by atoms with E-state index >= 15 is 0 Å². The van der Waals surface area contributed by atoms with Gasteiger partial charge >= 0.3 is 11.7 Å². The molecule has 0 aliphatic rings. The third-order valence-electron chi connectivity index (χ3n) is 4.76. The van der Waals surface area contributed by atoms with E-state index in [-0.39, 0.29) is 18.7 Å². The third-order valence-corrected chi connectivity index (χ3v) is 4.76. The van der Waals surface area contributed by atoms with Crippen molar-refractivity contribution in [2.75, 3.05) is 7.05 Å². The van der Waals surface area contributed by atoms with Gasteiger partial charge in [0.05, 0.1) is 11.0 Å². The van der Waals surface area contributed by atoms with Crippen LogP contribution < -0.4 is 5.69 Å². The number of carbonyl (C=O) groups excluding carboxylic acids is 1. The van der Waals surface area contributed by atoms with Crippen molar-refractivity contribution in [2.45, 2.75) is 19.0 Å². The Morgan fingerprint density at radius 2 is 1.63 bits per heavy atom. The summed E-state index contributed by atoms with van der Waals surface area (Å²) in [5.41, 5.74) is 1.87. The van der Waals surface area contributed by atoms with Crippen molar-refractivity contribution in [1.82, 2.24) is 14.0 Å². The molecule has 1 heterocycles. The number of aryl methyl sites for hydroxylation is 1. The molecule has 0 saturated carbocycles. The molecule has 27 heavy (non-hydrogen) atoms. The van der Waals surface area contributed by atoms with Crippen LogP contribution in [0.5, 0.6) is 0 Å². The fourth-order valence-corrected chi connectivity index (χ4v) is 3.16. The maximum Gasteiger partial charge on any atom is 0.329 e. The molecule has 0 bridgehead atoms. The number of rotatable bonds is 6. The van der Waals surface area contributed by atoms with E-state index in [0.29, 0.717) is 5.52 Å². The summed E-state index contributed by atoms with van der Waals surface area (Å²) in [4.78, 5) is 38.1. The van der Waals surface area contributed by atoms with E-state index in [9.17, 15) is 19.5 Å². The predicted octanol–water partition coefficient (Wildman–Crippen LogP) is 1.49. The number of likely N-dealkylation sites (N-methyl/N-ethyl adjacent to an activating group) is 1. The molecule has 0 fully saturated rings. The number of aromatic nitrogens is 2. The van der Waals surface area contributed by atoms with Gasteiger partial charge in [-0.3, -0.25) is 13.9 Å². The number of carboxylic acid groups (broad SMARTS) is 1. The molecule has 1 aromatic heterocycles. The molecule has 1 atom stereocenters. The van der Waals surface area contributed by atoms with Gasteiger partial charge in [-0.15, -0.1) is 0 Å². The van der Waals surface area contributed by atoms with Gasteiger partial charge in [0.2, 0.25) is 5.91 Å². The Morgan fingerprint density at radius 1 is 1.04 bits per heavy atom. The first-order valence-corrected chi connectivity index (χ1v) is 8.56. The van der Waals surface area contributed by atoms with Crippen LogP contribution in [0.2, 0.25) is 0 Å². The highest BCUT2D eigenvalue weighted by atomic mass is 16.4. The van der Waals surface area contributed by atoms with E-state index in [1.807, 2.05) is 36.4 Å². The second-order valence-electron chi connectivity index (χ2n) is 6.46. The number of fused-ring (bicyclic) bond motifs is 1. The molecule has 0 aliphatic carbocycles. The number of para-hydroxylation sites is 2. The molecule has 7 nitrogen and oxygen atoms in total. The summed E-state index contributed by atoms with van der Waals surface area (Å²) in [6, 6.07) is 15.3. The smallest absolute Gasteiger partial charge is 0.329 e. The lowest BCUT2D eigenvalue weighted by Gasteiger charge is -2.25. The monoisotopic (exact) mass is 367 g/mol. The molecule has 3 aromatic rings. The van der Waals surface area contributed by atoms with Crippen LogP contribution in [0.4, 0.5) is 0 Å². The SMILES string of the molecule is CN(C(=O)Cn1c(=O)n(C)c2ccccc21)C(Cc1ccccc1)C(=O)O. The molecular formula is C20H21N3O4. The lowest BCUT2D eigenvalue weighted by Crippen LogP contribution is -2.46. The van der Waals surface area contributed by atoms with E-state index in [1.54, 1.807) is 25.2 Å². The Hall–Kier alpha value is -3.35. The number of nitrogens with zero attached hydrogens (tertiary/aromatic N) is 3. The Morgan fingerprint density at radius 3 is 2.26 bits per heavy atom. The summed E-state index contributed by atoms with van der Waals surface area (Å²) in [5.74, 6) is -1.52. The Bertz CT molecular complexity index is 1040. The minimum Gasteiger partial charge on any atom is -0.480 e. The van der Waals surface area contributed by atoms with Gasteiger partial charge in [0.25, 0.3) is 0 Å². The number of hydrogen-bond acceptors (Lipinski definition) is 3. The number of carboxylic acids is 1. The number of carbonyl (C=O) groups is 2. The molecule has 1 unspecified atom stereocenters. The first-order valence-electron chi connectivity index (χ1n) is 8.56. The summed E-state index contributed by atoms with van der Waals surface area (Å²) in [5, 5.41) is 9.58. The van der Waals surface area contributed by atoms with Crippen molar-refractivity contribution < 1.29 is 14.7 Å². The van der Waals surface area contributed by atoms with Gasteiger partial charge in [0, 0.05) is 20.5 Å². The van der Waals surface area contributed by atoms with Gasteiger partial charge in [-0.25, -0.2) is 9.59 Å². The first kappa shape index (κ1) is 18.4. The third kappa shape index (κ3) is 3.62. The molecule has 0 aliphatic heterocycles. The maximum atomic E-state index is 12.7. The van der Waals surface area contributed by atoms with Gasteiger partial charge in [-0.1, -0.05) is 42.5 Å². The topological polar surface area (TPSA) is 84.5 Å². The summed E-state index contributed by atoms with van der Waals surface area (Å²) in [7, 11) is 3.10. The van der Waals surface area contributed by atoms with Crippen molar-refractivity contribution in [3.05, 3.63) is 70.6 Å². The van der Waals surface area contributed by atoms with E-state index in [1.165, 1.54) is 21.1 Å². The second-order valence-corrected chi connectivity index (χ2v) is 6.46. The van der Waals surface area contributed by atoms with Crippen LogP contribution in [0.3, 0.4) is 0 Å². The second kappa shape index (κ2) is 7.49. The average molecular weight is 367 g/mol. The Labute approximate surface area is 156 Å². The van der Waals surface area contributed by atoms with Crippen LogP contribution >= 0.6 is 0 Å². The van der Waals surface area contributed by atoms with E-state index in [4.69, 9.17) is 0 Å². The molecule has 1 N–H and O–H groups in total. The van der Waals surface area contributed by atoms with Crippen LogP contribution in [0.15, 0.2) is 59.4 Å². The summed E-state index contributed by atoms with van der Waals surface area (Å²) < 4.78 is 2.84. The zero-order valence-electron chi connectivity index (χ0n) is 15.2. The van der Waals surface area contributed by atoms with Gasteiger partial charge < -0.3 is 10.0 Å². The standard InChI is InChI=1S/C20H21N3O4/c1-21(17(19(25)26)12-14-8-4-3-5-9-14)18(24)13-23-16-11-7-6-10-15(16)22(2)20(23)27/h3-11,17H,12-13H2,1-2H3,(H,25,26). The summed E-state index contributed by atoms with van der Waals surface area (Å²) in [6.07, 6.45) is 0.197. The summed E-state index contributed by atoms with van der Waals surface area (Å²) in [6.45, 7) is -0.213. The summed E-state index contributed by atoms with van der Waals surface area (Å²) >= 11 is 0. The fraction of sp³-hybridized carbons (Fsp3) is 0.250. The largest absolute Gasteiger partial charge is 0.480 e. The van der Waals surface area contributed by atoms with Gasteiger partial charge in [0.15, 0.2) is 0 Å². The van der Waals surface area contributed by atoms with E-state index < -0.39 is 17.9 Å². The zero-order chi connectivity index (χ0) is 19.6. The van der Waals surface area contributed by atoms with Crippen molar-refractivity contribution in [3.8, 4) is 0 Å². The number of amides is 1. The van der Waals surface area contributed by atoms with Gasteiger partial charge in [0.1, 0.15) is 12.6 Å². The zero-order valence-corrected chi connectivity index (χ0v) is 15.2. The maximum absolute atomic E-state index is 12.7. The normalized spacial score (nSPS) is 12.1. The molecule has 140 valence electrons. The Balaban J connectivity index is 1.85. The highest BCUT2D eigenvalue weighted by molar-refractivity contribution is 5.85. The van der Waals surface area contributed by atoms with E-state index in [2.05, 4.69) is 0 Å². The van der Waals surface area contributed by atoms with Crippen molar-refractivity contribution in [3.63, 3.8) is 0 Å². The molecule has 0 saturated heterocycles. The number of benzene rings is 2. The van der Waals surface area contributed by atoms with Crippen molar-refractivity contribution in [1.29, 1.82) is 0 Å². The van der Waals surface area contributed by atoms with Crippen molar-refractivity contribution >= 4 is 22.9 Å². The quantitative estimate of drug-likeness (QED) is 0.715. The average Bonchev–Trinajstić information content (AvgIpc) is 2.91. The lowest BCUT2D eigenvalue weighted by atomic mass is 10.0. The number of imidazole rings is 1. The van der Waals surface area contributed by atoms with Gasteiger partial charge in [-0.05, 0) is 17.7 Å². The van der Waals surface area contributed by atoms with Crippen LogP contribution in [-0.2, 0) is 29.6 Å².